The second-order valence-electron chi connectivity index (χ2n) is 7.07. The van der Waals surface area contributed by atoms with Crippen LogP contribution in [0.4, 0.5) is 9.18 Å². The molecule has 1 unspecified atom stereocenters. The quantitative estimate of drug-likeness (QED) is 0.558. The Morgan fingerprint density at radius 2 is 2.30 bits per heavy atom. The Hall–Kier alpha value is -3.47. The topological polar surface area (TPSA) is 129 Å². The Bertz CT molecular complexity index is 995. The highest BCUT2D eigenvalue weighted by atomic mass is 19.1. The van der Waals surface area contributed by atoms with Gasteiger partial charge in [0.1, 0.15) is 23.6 Å². The van der Waals surface area contributed by atoms with Gasteiger partial charge in [0.05, 0.1) is 19.3 Å². The van der Waals surface area contributed by atoms with Gasteiger partial charge in [-0.15, -0.1) is 0 Å². The lowest BCUT2D eigenvalue weighted by Crippen LogP contribution is -2.51. The van der Waals surface area contributed by atoms with Gasteiger partial charge in [0.2, 0.25) is 0 Å². The van der Waals surface area contributed by atoms with Gasteiger partial charge in [-0.1, -0.05) is 17.3 Å². The fraction of sp³-hybridized carbons (Fsp3) is 0.368. The standard InChI is InChI=1S/C19H21FN6O4/c20-15-4-1-2-5-16(15)29-11-14-8-13(24-30-14)9-21-18(27)26-7-3-6-19(28,12-26)17-10-22-25-23-17/h1-2,4-5,8,10,28H,3,6-7,9,11-12H2,(H,21,27)(H,22,23,25). The minimum absolute atomic E-state index is 0.0126. The minimum atomic E-state index is -1.23. The van der Waals surface area contributed by atoms with Gasteiger partial charge in [0, 0.05) is 12.6 Å². The van der Waals surface area contributed by atoms with Crippen molar-refractivity contribution in [2.45, 2.75) is 31.6 Å². The van der Waals surface area contributed by atoms with Gasteiger partial charge in [0.15, 0.2) is 17.3 Å². The van der Waals surface area contributed by atoms with Crippen LogP contribution in [-0.4, -0.2) is 49.7 Å². The zero-order chi connectivity index (χ0) is 21.0. The molecule has 1 aliphatic heterocycles. The van der Waals surface area contributed by atoms with Gasteiger partial charge < -0.3 is 24.6 Å². The molecule has 0 radical (unpaired) electrons. The summed E-state index contributed by atoms with van der Waals surface area (Å²) in [4.78, 5) is 14.0. The number of H-pyrrole nitrogens is 1. The van der Waals surface area contributed by atoms with Crippen molar-refractivity contribution in [1.82, 2.24) is 30.8 Å². The van der Waals surface area contributed by atoms with Crippen LogP contribution in [0.1, 0.15) is 30.0 Å². The van der Waals surface area contributed by atoms with Crippen molar-refractivity contribution >= 4 is 6.03 Å². The Morgan fingerprint density at radius 3 is 3.10 bits per heavy atom. The van der Waals surface area contributed by atoms with Crippen LogP contribution in [-0.2, 0) is 18.8 Å². The lowest BCUT2D eigenvalue weighted by molar-refractivity contribution is -0.0265. The first-order valence-corrected chi connectivity index (χ1v) is 9.47. The molecule has 158 valence electrons. The molecule has 1 fully saturated rings. The van der Waals surface area contributed by atoms with Gasteiger partial charge in [-0.3, -0.25) is 0 Å². The summed E-state index contributed by atoms with van der Waals surface area (Å²) in [7, 11) is 0. The Kier molecular flexibility index (Phi) is 5.61. The summed E-state index contributed by atoms with van der Waals surface area (Å²) in [6, 6.07) is 7.37. The number of urea groups is 1. The van der Waals surface area contributed by atoms with Crippen LogP contribution in [0.25, 0.3) is 0 Å². The van der Waals surface area contributed by atoms with E-state index in [0.717, 1.165) is 0 Å². The summed E-state index contributed by atoms with van der Waals surface area (Å²) in [5.41, 5.74) is -0.316. The molecule has 0 saturated carbocycles. The van der Waals surface area contributed by atoms with Crippen molar-refractivity contribution in [3.8, 4) is 5.75 Å². The molecule has 3 heterocycles. The monoisotopic (exact) mass is 416 g/mol. The number of piperidine rings is 1. The molecule has 30 heavy (non-hydrogen) atoms. The number of hydrogen-bond acceptors (Lipinski definition) is 7. The number of carbonyl (C=O) groups excluding carboxylic acids is 1. The molecular weight excluding hydrogens is 395 g/mol. The molecule has 11 heteroatoms. The van der Waals surface area contributed by atoms with E-state index < -0.39 is 11.4 Å². The van der Waals surface area contributed by atoms with Gasteiger partial charge in [-0.25, -0.2) is 9.18 Å². The SMILES string of the molecule is O=C(NCc1cc(COc2ccccc2F)on1)N1CCCC(O)(c2cn[nH]n2)C1. The van der Waals surface area contributed by atoms with Crippen LogP contribution in [0.2, 0.25) is 0 Å². The molecule has 0 aliphatic carbocycles. The molecule has 0 bridgehead atoms. The third kappa shape index (κ3) is 4.40. The molecule has 1 saturated heterocycles. The molecular formula is C19H21FN6O4. The number of rotatable bonds is 6. The van der Waals surface area contributed by atoms with Crippen LogP contribution in [0, 0.1) is 5.82 Å². The van der Waals surface area contributed by atoms with Crippen molar-refractivity contribution < 1.29 is 23.6 Å². The third-order valence-corrected chi connectivity index (χ3v) is 4.88. The van der Waals surface area contributed by atoms with Gasteiger partial charge in [-0.2, -0.15) is 15.4 Å². The summed E-state index contributed by atoms with van der Waals surface area (Å²) in [5.74, 6) is 0.0611. The van der Waals surface area contributed by atoms with Gasteiger partial charge in [0.25, 0.3) is 0 Å². The number of aromatic amines is 1. The maximum absolute atomic E-state index is 13.6. The zero-order valence-corrected chi connectivity index (χ0v) is 16.0. The maximum Gasteiger partial charge on any atom is 0.317 e. The number of ether oxygens (including phenoxy) is 1. The fourth-order valence-electron chi connectivity index (χ4n) is 3.34. The molecule has 1 aromatic carbocycles. The second-order valence-corrected chi connectivity index (χ2v) is 7.07. The second kappa shape index (κ2) is 8.49. The zero-order valence-electron chi connectivity index (χ0n) is 16.0. The number of aromatic nitrogens is 4. The Labute approximate surface area is 171 Å². The first-order chi connectivity index (χ1) is 14.5. The third-order valence-electron chi connectivity index (χ3n) is 4.88. The predicted molar refractivity (Wildman–Crippen MR) is 101 cm³/mol. The van der Waals surface area contributed by atoms with E-state index in [9.17, 15) is 14.3 Å². The highest BCUT2D eigenvalue weighted by Crippen LogP contribution is 2.29. The number of para-hydroxylation sites is 1. The molecule has 1 aliphatic rings. The van der Waals surface area contributed by atoms with Crippen LogP contribution in [0.15, 0.2) is 41.1 Å². The minimum Gasteiger partial charge on any atom is -0.482 e. The first kappa shape index (κ1) is 19.8. The predicted octanol–water partition coefficient (Wildman–Crippen LogP) is 1.70. The molecule has 0 spiro atoms. The number of nitrogens with zero attached hydrogens (tertiary/aromatic N) is 4. The molecule has 4 rings (SSSR count). The van der Waals surface area contributed by atoms with Crippen molar-refractivity contribution in [2.75, 3.05) is 13.1 Å². The summed E-state index contributed by atoms with van der Waals surface area (Å²) >= 11 is 0. The molecule has 3 aromatic rings. The number of carbonyl (C=O) groups is 1. The highest BCUT2D eigenvalue weighted by molar-refractivity contribution is 5.74. The first-order valence-electron chi connectivity index (χ1n) is 9.47. The van der Waals surface area contributed by atoms with E-state index >= 15 is 0 Å². The van der Waals surface area contributed by atoms with E-state index in [4.69, 9.17) is 9.26 Å². The number of β-amino-alcohol motifs (C(OH)–C–C–N with tert-alkyl or cyclic N) is 1. The molecule has 2 aromatic heterocycles. The number of likely N-dealkylation sites (tertiary alicyclic amines) is 1. The molecule has 1 atom stereocenters. The van der Waals surface area contributed by atoms with E-state index in [1.54, 1.807) is 18.2 Å². The highest BCUT2D eigenvalue weighted by Gasteiger charge is 2.38. The molecule has 10 nitrogen and oxygen atoms in total. The average Bonchev–Trinajstić information content (AvgIpc) is 3.44. The molecule has 3 N–H and O–H groups in total. The lowest BCUT2D eigenvalue weighted by Gasteiger charge is -2.37. The van der Waals surface area contributed by atoms with E-state index in [-0.39, 0.29) is 31.5 Å². The number of amides is 2. The Balaban J connectivity index is 1.28. The smallest absolute Gasteiger partial charge is 0.317 e. The summed E-state index contributed by atoms with van der Waals surface area (Å²) < 4.78 is 24.1. The number of benzene rings is 1. The normalized spacial score (nSPS) is 18.9. The van der Waals surface area contributed by atoms with Crippen LogP contribution in [0.5, 0.6) is 5.75 Å². The number of nitrogens with one attached hydrogen (secondary N) is 2. The number of halogens is 1. The summed E-state index contributed by atoms with van der Waals surface area (Å²) in [6.45, 7) is 0.790. The van der Waals surface area contributed by atoms with E-state index in [1.807, 2.05) is 0 Å². The Morgan fingerprint density at radius 1 is 1.43 bits per heavy atom. The summed E-state index contributed by atoms with van der Waals surface area (Å²) in [6.07, 6.45) is 2.60. The van der Waals surface area contributed by atoms with E-state index in [0.29, 0.717) is 36.5 Å². The van der Waals surface area contributed by atoms with Gasteiger partial charge >= 0.3 is 6.03 Å². The summed E-state index contributed by atoms with van der Waals surface area (Å²) in [5, 5.41) is 27.6. The van der Waals surface area contributed by atoms with Crippen molar-refractivity contribution in [1.29, 1.82) is 0 Å². The van der Waals surface area contributed by atoms with Crippen molar-refractivity contribution in [3.05, 3.63) is 59.5 Å². The van der Waals surface area contributed by atoms with E-state index in [2.05, 4.69) is 25.9 Å². The average molecular weight is 416 g/mol. The van der Waals surface area contributed by atoms with Crippen LogP contribution >= 0.6 is 0 Å². The molecule has 2 amide bonds. The van der Waals surface area contributed by atoms with Crippen molar-refractivity contribution in [2.24, 2.45) is 0 Å². The number of hydrogen-bond donors (Lipinski definition) is 3. The maximum atomic E-state index is 13.6. The van der Waals surface area contributed by atoms with Crippen LogP contribution < -0.4 is 10.1 Å². The lowest BCUT2D eigenvalue weighted by atomic mass is 9.90. The van der Waals surface area contributed by atoms with Crippen LogP contribution in [0.3, 0.4) is 0 Å². The van der Waals surface area contributed by atoms with E-state index in [1.165, 1.54) is 23.2 Å². The largest absolute Gasteiger partial charge is 0.482 e. The number of aliphatic hydroxyl groups is 1. The van der Waals surface area contributed by atoms with Crippen molar-refractivity contribution in [3.63, 3.8) is 0 Å². The fourth-order valence-corrected chi connectivity index (χ4v) is 3.34. The van der Waals surface area contributed by atoms with Gasteiger partial charge in [-0.05, 0) is 25.0 Å².